The van der Waals surface area contributed by atoms with Crippen LogP contribution in [-0.2, 0) is 16.0 Å². The van der Waals surface area contributed by atoms with E-state index in [1.807, 2.05) is 12.1 Å². The van der Waals surface area contributed by atoms with Gasteiger partial charge < -0.3 is 9.47 Å². The van der Waals surface area contributed by atoms with Crippen LogP contribution in [0.2, 0.25) is 5.02 Å². The highest BCUT2D eigenvalue weighted by Crippen LogP contribution is 2.32. The standard InChI is InChI=1S/C25H29ClN2O4/c1-31-21-10-5-18(23(15-21)32-2)4-3-17-11-13-27(14-12-17)22-16-24(29)28(25(22)30)20-8-6-19(26)7-9-20/h5-10,15,17,22H,3-4,11-14,16H2,1-2H3. The van der Waals surface area contributed by atoms with Crippen molar-refractivity contribution >= 4 is 29.1 Å². The highest BCUT2D eigenvalue weighted by atomic mass is 35.5. The quantitative estimate of drug-likeness (QED) is 0.580. The third kappa shape index (κ3) is 4.76. The molecule has 0 spiro atoms. The van der Waals surface area contributed by atoms with E-state index >= 15 is 0 Å². The van der Waals surface area contributed by atoms with Crippen LogP contribution in [0.3, 0.4) is 0 Å². The van der Waals surface area contributed by atoms with E-state index in [2.05, 4.69) is 11.0 Å². The molecule has 2 aliphatic rings. The molecular formula is C25H29ClN2O4. The molecule has 32 heavy (non-hydrogen) atoms. The summed E-state index contributed by atoms with van der Waals surface area (Å²) in [4.78, 5) is 29.1. The van der Waals surface area contributed by atoms with E-state index in [0.717, 1.165) is 50.3 Å². The van der Waals surface area contributed by atoms with Gasteiger partial charge in [-0.1, -0.05) is 17.7 Å². The number of aryl methyl sites for hydroxylation is 1. The number of halogens is 1. The van der Waals surface area contributed by atoms with E-state index in [-0.39, 0.29) is 24.3 Å². The summed E-state index contributed by atoms with van der Waals surface area (Å²) in [6.07, 6.45) is 4.32. The summed E-state index contributed by atoms with van der Waals surface area (Å²) in [6, 6.07) is 12.5. The van der Waals surface area contributed by atoms with Crippen molar-refractivity contribution in [1.29, 1.82) is 0 Å². The second-order valence-electron chi connectivity index (χ2n) is 8.46. The van der Waals surface area contributed by atoms with Crippen molar-refractivity contribution in [2.45, 2.75) is 38.1 Å². The predicted molar refractivity (Wildman–Crippen MR) is 125 cm³/mol. The molecule has 2 heterocycles. The molecule has 0 aromatic heterocycles. The lowest BCUT2D eigenvalue weighted by molar-refractivity contribution is -0.123. The van der Waals surface area contributed by atoms with Gasteiger partial charge in [0, 0.05) is 11.1 Å². The second kappa shape index (κ2) is 9.92. The molecule has 4 rings (SSSR count). The first-order valence-corrected chi connectivity index (χ1v) is 11.4. The number of methoxy groups -OCH3 is 2. The van der Waals surface area contributed by atoms with Crippen molar-refractivity contribution in [3.63, 3.8) is 0 Å². The number of piperidine rings is 1. The van der Waals surface area contributed by atoms with Crippen LogP contribution in [-0.4, -0.2) is 50.1 Å². The molecule has 1 atom stereocenters. The number of hydrogen-bond donors (Lipinski definition) is 0. The molecule has 2 aromatic rings. The monoisotopic (exact) mass is 456 g/mol. The number of likely N-dealkylation sites (tertiary alicyclic amines) is 1. The van der Waals surface area contributed by atoms with Crippen LogP contribution in [0.4, 0.5) is 5.69 Å². The molecule has 2 aliphatic heterocycles. The van der Waals surface area contributed by atoms with E-state index in [1.165, 1.54) is 10.5 Å². The summed E-state index contributed by atoms with van der Waals surface area (Å²) in [6.45, 7) is 1.67. The smallest absolute Gasteiger partial charge is 0.251 e. The van der Waals surface area contributed by atoms with Crippen LogP contribution in [0.25, 0.3) is 0 Å². The van der Waals surface area contributed by atoms with Crippen LogP contribution in [0.15, 0.2) is 42.5 Å². The Morgan fingerprint density at radius 2 is 1.72 bits per heavy atom. The van der Waals surface area contributed by atoms with Gasteiger partial charge in [-0.05, 0) is 80.6 Å². The zero-order chi connectivity index (χ0) is 22.7. The van der Waals surface area contributed by atoms with E-state index in [4.69, 9.17) is 21.1 Å². The molecule has 0 aliphatic carbocycles. The zero-order valence-electron chi connectivity index (χ0n) is 18.6. The number of ether oxygens (including phenoxy) is 2. The van der Waals surface area contributed by atoms with Gasteiger partial charge in [0.15, 0.2) is 0 Å². The van der Waals surface area contributed by atoms with Crippen LogP contribution in [0.5, 0.6) is 11.5 Å². The lowest BCUT2D eigenvalue weighted by Gasteiger charge is -2.34. The van der Waals surface area contributed by atoms with Gasteiger partial charge in [0.2, 0.25) is 5.91 Å². The third-order valence-electron chi connectivity index (χ3n) is 6.61. The number of carbonyl (C=O) groups is 2. The zero-order valence-corrected chi connectivity index (χ0v) is 19.3. The molecular weight excluding hydrogens is 428 g/mol. The SMILES string of the molecule is COc1ccc(CCC2CCN(C3CC(=O)N(c4ccc(Cl)cc4)C3=O)CC2)c(OC)c1. The normalized spacial score (nSPS) is 20.1. The molecule has 0 bridgehead atoms. The number of hydrogen-bond acceptors (Lipinski definition) is 5. The Labute approximate surface area is 194 Å². The Hall–Kier alpha value is -2.57. The Kier molecular flexibility index (Phi) is 7.01. The van der Waals surface area contributed by atoms with Gasteiger partial charge in [0.25, 0.3) is 5.91 Å². The Morgan fingerprint density at radius 1 is 1.00 bits per heavy atom. The van der Waals surface area contributed by atoms with Crippen LogP contribution < -0.4 is 14.4 Å². The number of nitrogens with zero attached hydrogens (tertiary/aromatic N) is 2. The minimum Gasteiger partial charge on any atom is -0.497 e. The van der Waals surface area contributed by atoms with Crippen LogP contribution in [0, 0.1) is 5.92 Å². The van der Waals surface area contributed by atoms with Crippen molar-refractivity contribution in [1.82, 2.24) is 4.90 Å². The first kappa shape index (κ1) is 22.6. The van der Waals surface area contributed by atoms with E-state index in [0.29, 0.717) is 16.6 Å². The molecule has 2 amide bonds. The van der Waals surface area contributed by atoms with Crippen molar-refractivity contribution in [2.24, 2.45) is 5.92 Å². The van der Waals surface area contributed by atoms with Gasteiger partial charge in [-0.25, -0.2) is 4.90 Å². The van der Waals surface area contributed by atoms with E-state index in [1.54, 1.807) is 38.5 Å². The van der Waals surface area contributed by atoms with E-state index in [9.17, 15) is 9.59 Å². The van der Waals surface area contributed by atoms with E-state index < -0.39 is 0 Å². The van der Waals surface area contributed by atoms with Crippen molar-refractivity contribution < 1.29 is 19.1 Å². The van der Waals surface area contributed by atoms with Crippen LogP contribution in [0.1, 0.15) is 31.2 Å². The second-order valence-corrected chi connectivity index (χ2v) is 8.90. The van der Waals surface area contributed by atoms with Gasteiger partial charge in [-0.15, -0.1) is 0 Å². The van der Waals surface area contributed by atoms with Crippen molar-refractivity contribution in [2.75, 3.05) is 32.2 Å². The maximum absolute atomic E-state index is 13.0. The molecule has 2 fully saturated rings. The molecule has 6 nitrogen and oxygen atoms in total. The summed E-state index contributed by atoms with van der Waals surface area (Å²) in [5, 5.41) is 0.582. The fraction of sp³-hybridized carbons (Fsp3) is 0.440. The maximum atomic E-state index is 13.0. The van der Waals surface area contributed by atoms with Gasteiger partial charge in [-0.3, -0.25) is 14.5 Å². The number of rotatable bonds is 7. The molecule has 0 N–H and O–H groups in total. The fourth-order valence-electron chi connectivity index (χ4n) is 4.73. The molecule has 7 heteroatoms. The number of amides is 2. The molecule has 2 aromatic carbocycles. The first-order valence-electron chi connectivity index (χ1n) is 11.1. The van der Waals surface area contributed by atoms with Crippen molar-refractivity contribution in [3.05, 3.63) is 53.1 Å². The fourth-order valence-corrected chi connectivity index (χ4v) is 4.86. The number of benzene rings is 2. The van der Waals surface area contributed by atoms with Crippen molar-refractivity contribution in [3.8, 4) is 11.5 Å². The summed E-state index contributed by atoms with van der Waals surface area (Å²) in [5.41, 5.74) is 1.78. The summed E-state index contributed by atoms with van der Waals surface area (Å²) < 4.78 is 10.8. The summed E-state index contributed by atoms with van der Waals surface area (Å²) in [7, 11) is 3.34. The summed E-state index contributed by atoms with van der Waals surface area (Å²) >= 11 is 5.94. The largest absolute Gasteiger partial charge is 0.497 e. The number of imide groups is 1. The van der Waals surface area contributed by atoms with Gasteiger partial charge >= 0.3 is 0 Å². The molecule has 170 valence electrons. The van der Waals surface area contributed by atoms with Crippen LogP contribution >= 0.6 is 11.6 Å². The third-order valence-corrected chi connectivity index (χ3v) is 6.87. The molecule has 0 radical (unpaired) electrons. The average molecular weight is 457 g/mol. The van der Waals surface area contributed by atoms with Gasteiger partial charge in [-0.2, -0.15) is 0 Å². The minimum atomic E-state index is -0.360. The lowest BCUT2D eigenvalue weighted by Crippen LogP contribution is -2.46. The minimum absolute atomic E-state index is 0.126. The molecule has 2 saturated heterocycles. The highest BCUT2D eigenvalue weighted by molar-refractivity contribution is 6.30. The predicted octanol–water partition coefficient (Wildman–Crippen LogP) is 4.33. The number of anilines is 1. The van der Waals surface area contributed by atoms with Gasteiger partial charge in [0.1, 0.15) is 11.5 Å². The lowest BCUT2D eigenvalue weighted by atomic mass is 9.89. The highest BCUT2D eigenvalue weighted by Gasteiger charge is 2.43. The maximum Gasteiger partial charge on any atom is 0.251 e. The Bertz CT molecular complexity index is 970. The topological polar surface area (TPSA) is 59.1 Å². The number of carbonyl (C=O) groups excluding carboxylic acids is 2. The summed E-state index contributed by atoms with van der Waals surface area (Å²) in [5.74, 6) is 1.98. The van der Waals surface area contributed by atoms with Gasteiger partial charge in [0.05, 0.1) is 32.4 Å². The molecule has 1 unspecified atom stereocenters. The Balaban J connectivity index is 1.32. The molecule has 0 saturated carbocycles. The Morgan fingerprint density at radius 3 is 2.38 bits per heavy atom. The first-order chi connectivity index (χ1) is 15.5. The average Bonchev–Trinajstić information content (AvgIpc) is 3.12.